The minimum atomic E-state index is -0.908. The van der Waals surface area contributed by atoms with Crippen molar-refractivity contribution in [1.82, 2.24) is 14.5 Å². The first-order valence-electron chi connectivity index (χ1n) is 13.5. The number of carbonyl (C=O) groups is 1. The molecule has 1 aromatic heterocycles. The second-order valence-electron chi connectivity index (χ2n) is 10.7. The molecule has 1 fully saturated rings. The molecule has 7 rings (SSSR count). The average molecular weight is 503 g/mol. The van der Waals surface area contributed by atoms with Gasteiger partial charge in [0.05, 0.1) is 28.9 Å². The molecule has 0 saturated heterocycles. The third-order valence-electron chi connectivity index (χ3n) is 7.99. The van der Waals surface area contributed by atoms with E-state index in [1.807, 2.05) is 24.3 Å². The van der Waals surface area contributed by atoms with Gasteiger partial charge in [-0.15, -0.1) is 0 Å². The summed E-state index contributed by atoms with van der Waals surface area (Å²) in [6.45, 7) is 4.85. The van der Waals surface area contributed by atoms with Crippen molar-refractivity contribution < 1.29 is 9.90 Å². The quantitative estimate of drug-likeness (QED) is 0.332. The molecule has 0 atom stereocenters. The highest BCUT2D eigenvalue weighted by molar-refractivity contribution is 6.06. The summed E-state index contributed by atoms with van der Waals surface area (Å²) in [7, 11) is 0. The largest absolute Gasteiger partial charge is 0.478 e. The molecule has 0 bridgehead atoms. The zero-order chi connectivity index (χ0) is 25.8. The molecule has 3 heterocycles. The number of hydrogen-bond donors (Lipinski definition) is 1. The lowest BCUT2D eigenvalue weighted by atomic mass is 9.98. The number of aromatic nitrogens is 2. The number of nitrogens with zero attached hydrogens (tertiary/aromatic N) is 4. The second-order valence-corrected chi connectivity index (χ2v) is 10.7. The molecular formula is C32H30N4O2. The molecule has 6 nitrogen and oxygen atoms in total. The lowest BCUT2D eigenvalue weighted by molar-refractivity contribution is 0.0697. The van der Waals surface area contributed by atoms with Gasteiger partial charge in [-0.3, -0.25) is 0 Å². The molecule has 3 aliphatic rings. The van der Waals surface area contributed by atoms with E-state index in [0.717, 1.165) is 54.2 Å². The Hall–Kier alpha value is -4.19. The van der Waals surface area contributed by atoms with E-state index in [9.17, 15) is 9.90 Å². The van der Waals surface area contributed by atoms with Crippen LogP contribution in [0.15, 0.2) is 77.6 Å². The third-order valence-corrected chi connectivity index (χ3v) is 7.99. The zero-order valence-electron chi connectivity index (χ0n) is 21.5. The van der Waals surface area contributed by atoms with E-state index in [2.05, 4.69) is 46.7 Å². The summed E-state index contributed by atoms with van der Waals surface area (Å²) in [6, 6.07) is 20.0. The molecule has 6 heteroatoms. The highest BCUT2D eigenvalue weighted by Crippen LogP contribution is 2.41. The summed E-state index contributed by atoms with van der Waals surface area (Å²) in [5.41, 5.74) is 8.92. The second kappa shape index (κ2) is 8.98. The van der Waals surface area contributed by atoms with Crippen molar-refractivity contribution in [2.75, 3.05) is 13.1 Å². The summed E-state index contributed by atoms with van der Waals surface area (Å²) in [5, 5.41) is 9.60. The first kappa shape index (κ1) is 23.0. The van der Waals surface area contributed by atoms with Crippen LogP contribution in [0.2, 0.25) is 0 Å². The van der Waals surface area contributed by atoms with Crippen molar-refractivity contribution in [2.24, 2.45) is 4.99 Å². The number of imidazole rings is 1. The van der Waals surface area contributed by atoms with Gasteiger partial charge in [0.2, 0.25) is 0 Å². The number of carboxylic acid groups (broad SMARTS) is 1. The van der Waals surface area contributed by atoms with Crippen LogP contribution in [-0.4, -0.2) is 44.3 Å². The Bertz CT molecular complexity index is 1640. The van der Waals surface area contributed by atoms with Crippen LogP contribution >= 0.6 is 0 Å². The topological polar surface area (TPSA) is 70.7 Å². The normalized spacial score (nSPS) is 16.9. The van der Waals surface area contributed by atoms with Gasteiger partial charge in [-0.1, -0.05) is 42.5 Å². The van der Waals surface area contributed by atoms with Crippen molar-refractivity contribution in [3.63, 3.8) is 0 Å². The van der Waals surface area contributed by atoms with Gasteiger partial charge in [0, 0.05) is 24.6 Å². The molecule has 1 saturated carbocycles. The molecule has 1 N–H and O–H groups in total. The van der Waals surface area contributed by atoms with E-state index in [1.165, 1.54) is 47.3 Å². The van der Waals surface area contributed by atoms with Gasteiger partial charge < -0.3 is 14.6 Å². The maximum absolute atomic E-state index is 11.7. The van der Waals surface area contributed by atoms with E-state index >= 15 is 0 Å². The van der Waals surface area contributed by atoms with Gasteiger partial charge in [-0.25, -0.2) is 14.8 Å². The molecule has 0 radical (unpaired) electrons. The highest BCUT2D eigenvalue weighted by atomic mass is 16.4. The Morgan fingerprint density at radius 3 is 2.63 bits per heavy atom. The van der Waals surface area contributed by atoms with Crippen LogP contribution in [0, 0.1) is 6.92 Å². The van der Waals surface area contributed by atoms with Crippen molar-refractivity contribution in [2.45, 2.75) is 45.1 Å². The first-order valence-corrected chi connectivity index (χ1v) is 13.5. The average Bonchev–Trinajstić information content (AvgIpc) is 3.58. The molecule has 0 spiro atoms. The summed E-state index contributed by atoms with van der Waals surface area (Å²) < 4.78 is 2.39. The van der Waals surface area contributed by atoms with Crippen LogP contribution < -0.4 is 0 Å². The summed E-state index contributed by atoms with van der Waals surface area (Å²) in [4.78, 5) is 24.2. The number of aryl methyl sites for hydroxylation is 1. The van der Waals surface area contributed by atoms with Gasteiger partial charge >= 0.3 is 5.97 Å². The number of hydrogen-bond acceptors (Lipinski definition) is 4. The van der Waals surface area contributed by atoms with Crippen LogP contribution in [0.1, 0.15) is 64.5 Å². The Balaban J connectivity index is 1.26. The smallest absolute Gasteiger partial charge is 0.336 e. The summed E-state index contributed by atoms with van der Waals surface area (Å²) >= 11 is 0. The van der Waals surface area contributed by atoms with E-state index in [4.69, 9.17) is 9.98 Å². The number of allylic oxidation sites excluding steroid dienone is 1. The lowest BCUT2D eigenvalue weighted by Crippen LogP contribution is -2.25. The highest BCUT2D eigenvalue weighted by Gasteiger charge is 2.31. The maximum Gasteiger partial charge on any atom is 0.336 e. The number of aliphatic imine (C=N–C) groups is 1. The van der Waals surface area contributed by atoms with Crippen LogP contribution in [0.25, 0.3) is 22.2 Å². The van der Waals surface area contributed by atoms with Crippen molar-refractivity contribution in [3.8, 4) is 11.1 Å². The van der Waals surface area contributed by atoms with Gasteiger partial charge in [0.25, 0.3) is 0 Å². The fraction of sp³-hybridized carbons (Fsp3) is 0.281. The number of aromatic carboxylic acids is 1. The zero-order valence-corrected chi connectivity index (χ0v) is 21.5. The molecule has 3 aromatic carbocycles. The minimum absolute atomic E-state index is 0.321. The number of benzene rings is 3. The lowest BCUT2D eigenvalue weighted by Gasteiger charge is -2.21. The Morgan fingerprint density at radius 1 is 1.05 bits per heavy atom. The number of fused-ring (bicyclic) bond motifs is 2. The van der Waals surface area contributed by atoms with Crippen LogP contribution in [0.5, 0.6) is 0 Å². The van der Waals surface area contributed by atoms with Gasteiger partial charge in [0.1, 0.15) is 11.6 Å². The monoisotopic (exact) mass is 502 g/mol. The minimum Gasteiger partial charge on any atom is -0.478 e. The molecule has 1 aliphatic carbocycles. The Morgan fingerprint density at radius 2 is 1.87 bits per heavy atom. The first-order chi connectivity index (χ1) is 18.5. The predicted molar refractivity (Wildman–Crippen MR) is 150 cm³/mol. The van der Waals surface area contributed by atoms with Crippen LogP contribution in [0.3, 0.4) is 0 Å². The molecule has 0 unspecified atom stereocenters. The van der Waals surface area contributed by atoms with Gasteiger partial charge in [0.15, 0.2) is 0 Å². The molecule has 2 aliphatic heterocycles. The van der Waals surface area contributed by atoms with Gasteiger partial charge in [-0.05, 0) is 79.1 Å². The number of rotatable bonds is 6. The van der Waals surface area contributed by atoms with E-state index in [1.54, 1.807) is 12.1 Å². The van der Waals surface area contributed by atoms with E-state index in [-0.39, 0.29) is 0 Å². The maximum atomic E-state index is 11.7. The fourth-order valence-electron chi connectivity index (χ4n) is 5.83. The standard InChI is InChI=1S/C32H30N4O2/c1-20-16-24(27-19-35-15-5-4-8-29(35)33-27)17-28-30(20)34-31(23-13-14-23)36(28)18-21-9-11-22(12-10-21)25-6-2-3-7-26(25)32(37)38/h2-3,6-12,16-17,23H,4-5,13-15,18-19H2,1H3,(H,37,38). The van der Waals surface area contributed by atoms with E-state index < -0.39 is 5.97 Å². The number of carboxylic acids is 1. The molecule has 0 amide bonds. The Kier molecular flexibility index (Phi) is 5.43. The summed E-state index contributed by atoms with van der Waals surface area (Å²) in [6.07, 6.45) is 6.95. The van der Waals surface area contributed by atoms with Crippen molar-refractivity contribution in [1.29, 1.82) is 0 Å². The van der Waals surface area contributed by atoms with Crippen molar-refractivity contribution in [3.05, 3.63) is 101 Å². The van der Waals surface area contributed by atoms with Crippen molar-refractivity contribution >= 4 is 22.7 Å². The predicted octanol–water partition coefficient (Wildman–Crippen LogP) is 6.38. The third kappa shape index (κ3) is 4.01. The van der Waals surface area contributed by atoms with Crippen LogP contribution in [0.4, 0.5) is 0 Å². The SMILES string of the molecule is Cc1cc(C2=NC3=CCCCN3C2)cc2c1nc(C1CC1)n2Cc1ccc(-c2ccccc2C(=O)O)cc1. The molecule has 38 heavy (non-hydrogen) atoms. The van der Waals surface area contributed by atoms with E-state index in [0.29, 0.717) is 11.5 Å². The van der Waals surface area contributed by atoms with Gasteiger partial charge in [-0.2, -0.15) is 0 Å². The molecule has 4 aromatic rings. The molecular weight excluding hydrogens is 472 g/mol. The Labute approximate surface area is 222 Å². The molecule has 190 valence electrons. The fourth-order valence-corrected chi connectivity index (χ4v) is 5.83. The van der Waals surface area contributed by atoms with Crippen LogP contribution in [-0.2, 0) is 6.54 Å². The summed E-state index contributed by atoms with van der Waals surface area (Å²) in [5.74, 6) is 1.92.